The van der Waals surface area contributed by atoms with Crippen LogP contribution in [0, 0.1) is 17.3 Å². The monoisotopic (exact) mass is 195 g/mol. The lowest BCUT2D eigenvalue weighted by Crippen LogP contribution is -2.47. The van der Waals surface area contributed by atoms with E-state index in [1.54, 1.807) is 0 Å². The van der Waals surface area contributed by atoms with Crippen LogP contribution >= 0.6 is 0 Å². The first-order valence-corrected chi connectivity index (χ1v) is 6.30. The summed E-state index contributed by atoms with van der Waals surface area (Å²) in [5.74, 6) is 1.94. The average Bonchev–Trinajstić information content (AvgIpc) is 2.44. The highest BCUT2D eigenvalue weighted by Crippen LogP contribution is 2.40. The minimum absolute atomic E-state index is 0.624. The topological polar surface area (TPSA) is 12.0 Å². The van der Waals surface area contributed by atoms with Crippen LogP contribution in [-0.2, 0) is 0 Å². The Labute approximate surface area is 88.7 Å². The van der Waals surface area contributed by atoms with Gasteiger partial charge in [-0.3, -0.25) is 0 Å². The lowest BCUT2D eigenvalue weighted by atomic mass is 9.68. The van der Waals surface area contributed by atoms with E-state index in [-0.39, 0.29) is 0 Å². The van der Waals surface area contributed by atoms with E-state index in [0.717, 1.165) is 17.9 Å². The van der Waals surface area contributed by atoms with E-state index < -0.39 is 0 Å². The molecule has 2 unspecified atom stereocenters. The molecule has 0 radical (unpaired) electrons. The van der Waals surface area contributed by atoms with E-state index in [2.05, 4.69) is 26.1 Å². The van der Waals surface area contributed by atoms with Crippen LogP contribution in [0.2, 0.25) is 0 Å². The second kappa shape index (κ2) is 3.84. The van der Waals surface area contributed by atoms with Crippen molar-refractivity contribution >= 4 is 0 Å². The summed E-state index contributed by atoms with van der Waals surface area (Å²) in [7, 11) is 0. The molecular weight excluding hydrogens is 170 g/mol. The van der Waals surface area contributed by atoms with Crippen molar-refractivity contribution in [3.8, 4) is 0 Å². The Morgan fingerprint density at radius 2 is 1.93 bits per heavy atom. The molecule has 2 atom stereocenters. The second-order valence-corrected chi connectivity index (χ2v) is 6.35. The molecule has 82 valence electrons. The second-order valence-electron chi connectivity index (χ2n) is 6.35. The van der Waals surface area contributed by atoms with Crippen molar-refractivity contribution in [2.45, 2.75) is 58.9 Å². The molecule has 1 N–H and O–H groups in total. The van der Waals surface area contributed by atoms with E-state index in [1.807, 2.05) is 0 Å². The highest BCUT2D eigenvalue weighted by atomic mass is 14.9. The molecule has 0 aromatic rings. The van der Waals surface area contributed by atoms with E-state index in [9.17, 15) is 0 Å². The van der Waals surface area contributed by atoms with Gasteiger partial charge in [-0.05, 0) is 43.1 Å². The van der Waals surface area contributed by atoms with Gasteiger partial charge in [0, 0.05) is 6.04 Å². The Morgan fingerprint density at radius 1 is 1.21 bits per heavy atom. The summed E-state index contributed by atoms with van der Waals surface area (Å²) < 4.78 is 0. The Balaban J connectivity index is 1.64. The molecule has 2 aliphatic rings. The predicted octanol–water partition coefficient (Wildman–Crippen LogP) is 3.20. The third-order valence-corrected chi connectivity index (χ3v) is 4.31. The van der Waals surface area contributed by atoms with Crippen LogP contribution in [0.3, 0.4) is 0 Å². The quantitative estimate of drug-likeness (QED) is 0.729. The molecule has 14 heavy (non-hydrogen) atoms. The predicted molar refractivity (Wildman–Crippen MR) is 61.3 cm³/mol. The van der Waals surface area contributed by atoms with Crippen molar-refractivity contribution in [2.24, 2.45) is 17.3 Å². The maximum atomic E-state index is 3.75. The van der Waals surface area contributed by atoms with Crippen LogP contribution < -0.4 is 5.32 Å². The zero-order valence-corrected chi connectivity index (χ0v) is 9.97. The van der Waals surface area contributed by atoms with Gasteiger partial charge in [-0.1, -0.05) is 33.6 Å². The largest absolute Gasteiger partial charge is 0.314 e. The summed E-state index contributed by atoms with van der Waals surface area (Å²) in [6.07, 6.45) is 7.15. The number of hydrogen-bond donors (Lipinski definition) is 1. The molecule has 0 heterocycles. The zero-order chi connectivity index (χ0) is 10.2. The van der Waals surface area contributed by atoms with Gasteiger partial charge in [0.1, 0.15) is 0 Å². The first-order valence-electron chi connectivity index (χ1n) is 6.30. The Hall–Kier alpha value is -0.0400. The number of hydrogen-bond acceptors (Lipinski definition) is 1. The van der Waals surface area contributed by atoms with Crippen molar-refractivity contribution in [1.29, 1.82) is 0 Å². The van der Waals surface area contributed by atoms with Gasteiger partial charge in [0.05, 0.1) is 0 Å². The fourth-order valence-electron chi connectivity index (χ4n) is 3.26. The van der Waals surface area contributed by atoms with Gasteiger partial charge in [-0.15, -0.1) is 0 Å². The summed E-state index contributed by atoms with van der Waals surface area (Å²) in [4.78, 5) is 0. The molecule has 2 rings (SSSR count). The zero-order valence-electron chi connectivity index (χ0n) is 9.97. The molecule has 0 amide bonds. The van der Waals surface area contributed by atoms with E-state index in [4.69, 9.17) is 0 Å². The van der Waals surface area contributed by atoms with Gasteiger partial charge >= 0.3 is 0 Å². The van der Waals surface area contributed by atoms with Crippen LogP contribution in [0.15, 0.2) is 0 Å². The SMILES string of the molecule is CC1CCCC1CNC1CC(C)(C)C1. The van der Waals surface area contributed by atoms with E-state index in [1.165, 1.54) is 38.6 Å². The highest BCUT2D eigenvalue weighted by molar-refractivity contribution is 4.92. The van der Waals surface area contributed by atoms with Crippen molar-refractivity contribution in [3.05, 3.63) is 0 Å². The lowest BCUT2D eigenvalue weighted by molar-refractivity contribution is 0.121. The molecule has 0 spiro atoms. The maximum Gasteiger partial charge on any atom is 0.00773 e. The average molecular weight is 195 g/mol. The number of nitrogens with one attached hydrogen (secondary N) is 1. The van der Waals surface area contributed by atoms with E-state index in [0.29, 0.717) is 5.41 Å². The molecule has 0 saturated heterocycles. The molecule has 2 fully saturated rings. The third-order valence-electron chi connectivity index (χ3n) is 4.31. The van der Waals surface area contributed by atoms with Crippen LogP contribution in [0.1, 0.15) is 52.9 Å². The normalized spacial score (nSPS) is 37.1. The maximum absolute atomic E-state index is 3.75. The first-order chi connectivity index (χ1) is 6.57. The first kappa shape index (κ1) is 10.5. The highest BCUT2D eigenvalue weighted by Gasteiger charge is 2.36. The van der Waals surface area contributed by atoms with Crippen LogP contribution in [-0.4, -0.2) is 12.6 Å². The molecule has 1 heteroatoms. The number of rotatable bonds is 3. The molecule has 1 nitrogen and oxygen atoms in total. The van der Waals surface area contributed by atoms with Crippen molar-refractivity contribution in [3.63, 3.8) is 0 Å². The molecular formula is C13H25N. The molecule has 2 saturated carbocycles. The standard InChI is InChI=1S/C13H25N/c1-10-5-4-6-11(10)9-14-12-7-13(2,3)8-12/h10-12,14H,4-9H2,1-3H3. The Bertz CT molecular complexity index is 189. The fraction of sp³-hybridized carbons (Fsp3) is 1.00. The Kier molecular flexibility index (Phi) is 2.88. The smallest absolute Gasteiger partial charge is 0.00773 e. The molecule has 0 aromatic carbocycles. The van der Waals surface area contributed by atoms with Crippen molar-refractivity contribution in [1.82, 2.24) is 5.32 Å². The van der Waals surface area contributed by atoms with Gasteiger partial charge in [0.25, 0.3) is 0 Å². The summed E-state index contributed by atoms with van der Waals surface area (Å²) in [6, 6.07) is 0.831. The molecule has 2 aliphatic carbocycles. The summed E-state index contributed by atoms with van der Waals surface area (Å²) in [6.45, 7) is 8.46. The molecule has 0 aliphatic heterocycles. The van der Waals surface area contributed by atoms with Gasteiger partial charge < -0.3 is 5.32 Å². The Morgan fingerprint density at radius 3 is 2.43 bits per heavy atom. The minimum atomic E-state index is 0.624. The molecule has 0 bridgehead atoms. The third kappa shape index (κ3) is 2.31. The fourth-order valence-corrected chi connectivity index (χ4v) is 3.26. The van der Waals surface area contributed by atoms with Crippen LogP contribution in [0.4, 0.5) is 0 Å². The van der Waals surface area contributed by atoms with Gasteiger partial charge in [-0.25, -0.2) is 0 Å². The van der Waals surface area contributed by atoms with Crippen molar-refractivity contribution < 1.29 is 0 Å². The van der Waals surface area contributed by atoms with Crippen LogP contribution in [0.25, 0.3) is 0 Å². The van der Waals surface area contributed by atoms with Crippen molar-refractivity contribution in [2.75, 3.05) is 6.54 Å². The minimum Gasteiger partial charge on any atom is -0.314 e. The lowest BCUT2D eigenvalue weighted by Gasteiger charge is -2.43. The van der Waals surface area contributed by atoms with Gasteiger partial charge in [-0.2, -0.15) is 0 Å². The summed E-state index contributed by atoms with van der Waals surface area (Å²) >= 11 is 0. The van der Waals surface area contributed by atoms with Gasteiger partial charge in [0.2, 0.25) is 0 Å². The van der Waals surface area contributed by atoms with E-state index >= 15 is 0 Å². The summed E-state index contributed by atoms with van der Waals surface area (Å²) in [5, 5.41) is 3.75. The molecule has 0 aromatic heterocycles. The van der Waals surface area contributed by atoms with Gasteiger partial charge in [0.15, 0.2) is 0 Å². The summed E-state index contributed by atoms with van der Waals surface area (Å²) in [5.41, 5.74) is 0.624. The van der Waals surface area contributed by atoms with Crippen LogP contribution in [0.5, 0.6) is 0 Å².